The van der Waals surface area contributed by atoms with E-state index in [0.29, 0.717) is 27.8 Å². The number of aryl methyl sites for hydroxylation is 1. The summed E-state index contributed by atoms with van der Waals surface area (Å²) in [7, 11) is -1.68. The van der Waals surface area contributed by atoms with Crippen LogP contribution in [0.5, 0.6) is 0 Å². The minimum atomic E-state index is -2.32. The fraction of sp³-hybridized carbons (Fsp3) is 0.341. The number of hydrogen-bond donors (Lipinski definition) is 0. The van der Waals surface area contributed by atoms with E-state index in [1.807, 2.05) is 56.4 Å². The molecule has 6 heteroatoms. The van der Waals surface area contributed by atoms with Crippen LogP contribution in [0.3, 0.4) is 0 Å². The summed E-state index contributed by atoms with van der Waals surface area (Å²) in [4.78, 5) is 13.2. The Hall–Kier alpha value is -3.44. The molecule has 0 amide bonds. The first-order valence-electron chi connectivity index (χ1n) is 19.6. The molecule has 2 aromatic carbocycles. The van der Waals surface area contributed by atoms with E-state index in [9.17, 15) is 0 Å². The van der Waals surface area contributed by atoms with Crippen LogP contribution in [0, 0.1) is 30.8 Å². The van der Waals surface area contributed by atoms with Crippen molar-refractivity contribution in [2.45, 2.75) is 78.8 Å². The van der Waals surface area contributed by atoms with E-state index < -0.39 is 27.7 Å². The van der Waals surface area contributed by atoms with Gasteiger partial charge in [-0.25, -0.2) is 4.98 Å². The normalized spacial score (nSPS) is 16.6. The van der Waals surface area contributed by atoms with Crippen molar-refractivity contribution < 1.29 is 34.1 Å². The molecule has 1 aliphatic carbocycles. The van der Waals surface area contributed by atoms with Crippen LogP contribution in [0.4, 0.5) is 0 Å². The average Bonchev–Trinajstić information content (AvgIpc) is 3.80. The summed E-state index contributed by atoms with van der Waals surface area (Å²) in [6.45, 7) is 8.16. The second kappa shape index (κ2) is 15.2. The van der Waals surface area contributed by atoms with E-state index >= 15 is 0 Å². The molecule has 1 radical (unpaired) electrons. The summed E-state index contributed by atoms with van der Waals surface area (Å²) in [6.07, 6.45) is 5.01. The Morgan fingerprint density at radius 1 is 0.957 bits per heavy atom. The van der Waals surface area contributed by atoms with E-state index in [1.54, 1.807) is 30.5 Å². The number of rotatable bonds is 7. The van der Waals surface area contributed by atoms with Crippen molar-refractivity contribution in [1.29, 1.82) is 0 Å². The number of benzene rings is 2. The van der Waals surface area contributed by atoms with Gasteiger partial charge in [0.2, 0.25) is 5.71 Å². The number of furan rings is 1. The molecule has 0 spiro atoms. The Labute approximate surface area is 304 Å². The number of nitrogens with zero attached hydrogens (tertiary/aromatic N) is 3. The van der Waals surface area contributed by atoms with E-state index in [0.717, 1.165) is 53.1 Å². The van der Waals surface area contributed by atoms with Crippen LogP contribution in [0.2, 0.25) is 19.6 Å². The topological polar surface area (TPSA) is 51.8 Å². The number of aromatic nitrogens is 3. The van der Waals surface area contributed by atoms with Crippen LogP contribution in [0.1, 0.15) is 65.9 Å². The molecule has 47 heavy (non-hydrogen) atoms. The molecular weight excluding hydrogens is 771 g/mol. The molecule has 0 N–H and O–H groups in total. The van der Waals surface area contributed by atoms with Crippen LogP contribution in [-0.4, -0.2) is 23.0 Å². The van der Waals surface area contributed by atoms with Crippen LogP contribution in [-0.2, 0) is 32.9 Å². The minimum absolute atomic E-state index is 0. The van der Waals surface area contributed by atoms with Gasteiger partial charge in [-0.15, -0.1) is 54.1 Å². The van der Waals surface area contributed by atoms with Crippen molar-refractivity contribution in [2.24, 2.45) is 11.8 Å². The third-order valence-corrected chi connectivity index (χ3v) is 10.2. The van der Waals surface area contributed by atoms with Gasteiger partial charge in [-0.1, -0.05) is 93.4 Å². The zero-order valence-electron chi connectivity index (χ0n) is 34.6. The van der Waals surface area contributed by atoms with Gasteiger partial charge in [0.05, 0.1) is 13.7 Å². The Kier molecular flexibility index (Phi) is 8.57. The Morgan fingerprint density at radius 2 is 1.79 bits per heavy atom. The summed E-state index contributed by atoms with van der Waals surface area (Å²) < 4.78 is 63.1. The summed E-state index contributed by atoms with van der Waals surface area (Å²) >= 11 is 0. The van der Waals surface area contributed by atoms with Gasteiger partial charge in [0.25, 0.3) is 0 Å². The first kappa shape index (κ1) is 26.5. The molecule has 1 saturated carbocycles. The maximum absolute atomic E-state index is 8.90. The predicted octanol–water partition coefficient (Wildman–Crippen LogP) is 10.2. The minimum Gasteiger partial charge on any atom is -0.486 e. The smallest absolute Gasteiger partial charge is 0.216 e. The average molecular weight is 823 g/mol. The largest absolute Gasteiger partial charge is 0.486 e. The molecule has 1 fully saturated rings. The Bertz CT molecular complexity index is 2230. The fourth-order valence-corrected chi connectivity index (χ4v) is 7.37. The van der Waals surface area contributed by atoms with Crippen molar-refractivity contribution in [1.82, 2.24) is 15.0 Å². The molecule has 1 aliphatic rings. The molecule has 0 saturated heterocycles. The molecule has 0 bridgehead atoms. The molecule has 0 unspecified atom stereocenters. The molecule has 245 valence electrons. The Balaban J connectivity index is 0.000000208. The van der Waals surface area contributed by atoms with Crippen LogP contribution < -0.4 is 5.19 Å². The summed E-state index contributed by atoms with van der Waals surface area (Å²) in [6, 6.07) is 26.3. The molecule has 4 heterocycles. The quantitative estimate of drug-likeness (QED) is 0.119. The molecule has 0 aliphatic heterocycles. The first-order valence-corrected chi connectivity index (χ1v) is 19.6. The summed E-state index contributed by atoms with van der Waals surface area (Å²) in [5.41, 5.74) is 4.98. The van der Waals surface area contributed by atoms with Crippen molar-refractivity contribution in [3.8, 4) is 22.5 Å². The van der Waals surface area contributed by atoms with Gasteiger partial charge in [0.15, 0.2) is 0 Å². The summed E-state index contributed by atoms with van der Waals surface area (Å²) in [5, 5.41) is 2.63. The van der Waals surface area contributed by atoms with Gasteiger partial charge in [-0.05, 0) is 66.2 Å². The Morgan fingerprint density at radius 3 is 2.51 bits per heavy atom. The van der Waals surface area contributed by atoms with Crippen LogP contribution in [0.25, 0.3) is 44.6 Å². The molecule has 4 aromatic heterocycles. The molecule has 6 aromatic rings. The number of hydrogen-bond acceptors (Lipinski definition) is 4. The van der Waals surface area contributed by atoms with Gasteiger partial charge in [-0.2, -0.15) is 0 Å². The van der Waals surface area contributed by atoms with Crippen molar-refractivity contribution in [3.63, 3.8) is 0 Å². The third-order valence-electron chi connectivity index (χ3n) is 8.18. The van der Waals surface area contributed by atoms with Gasteiger partial charge >= 0.3 is 0 Å². The van der Waals surface area contributed by atoms with Crippen molar-refractivity contribution >= 4 is 35.3 Å². The standard InChI is InChI=1S/C21H19N2O.C20H26NSi.Ir/c1-13(2)11-15-9-10-22-19(12-15)18-6-4-5-16-17-8-7-14(3)23-21(17)24-20(16)18;1-22(2,3)20-15-21-19(17-11-5-4-6-12-17)14-18(20)13-16-9-7-8-10-16;/h4-5,7-10,12-13H,11H2,1-3H3;4-6,11,14-16H,7-10,13H2,1-3H3;/q2*-1;/i3D3,11D2;13D2;. The van der Waals surface area contributed by atoms with Gasteiger partial charge < -0.3 is 14.4 Å². The fourth-order valence-electron chi connectivity index (χ4n) is 5.97. The maximum Gasteiger partial charge on any atom is 0.216 e. The van der Waals surface area contributed by atoms with Crippen molar-refractivity contribution in [2.75, 3.05) is 0 Å². The predicted molar refractivity (Wildman–Crippen MR) is 194 cm³/mol. The van der Waals surface area contributed by atoms with Crippen LogP contribution in [0.15, 0.2) is 83.5 Å². The first-order chi connectivity index (χ1) is 24.9. The zero-order valence-corrected chi connectivity index (χ0v) is 31.0. The molecule has 7 rings (SSSR count). The summed E-state index contributed by atoms with van der Waals surface area (Å²) in [5.74, 6) is -0.0752. The zero-order chi connectivity index (χ0) is 38.3. The van der Waals surface area contributed by atoms with Crippen molar-refractivity contribution in [3.05, 3.63) is 108 Å². The van der Waals surface area contributed by atoms with Gasteiger partial charge in [0, 0.05) is 53.2 Å². The maximum atomic E-state index is 8.90. The number of fused-ring (bicyclic) bond motifs is 3. The van der Waals surface area contributed by atoms with E-state index in [4.69, 9.17) is 14.0 Å². The monoisotopic (exact) mass is 823 g/mol. The number of pyridine rings is 3. The second-order valence-corrected chi connectivity index (χ2v) is 18.3. The van der Waals surface area contributed by atoms with E-state index in [-0.39, 0.29) is 43.3 Å². The molecular formula is C41H45IrN3OSi-2. The van der Waals surface area contributed by atoms with E-state index in [1.165, 1.54) is 6.07 Å². The third kappa shape index (κ3) is 8.35. The molecule has 4 nitrogen and oxygen atoms in total. The van der Waals surface area contributed by atoms with Gasteiger partial charge in [0.1, 0.15) is 0 Å². The molecule has 0 atom stereocenters. The van der Waals surface area contributed by atoms with E-state index in [2.05, 4.69) is 46.7 Å². The van der Waals surface area contributed by atoms with Crippen LogP contribution >= 0.6 is 0 Å². The second-order valence-electron chi connectivity index (χ2n) is 13.2. The SMILES string of the molecule is [2H]C([2H])([2H])c1ccc2c(n1)oc1c(-c3cc(C([2H])([2H])C(C)C)ccn3)[c-]ccc12.[2H]C([2H])(c1cc(-c2[c-]cccc2)ncc1[Si](C)(C)C)C1CCCC1.[Ir]. The van der Waals surface area contributed by atoms with Gasteiger partial charge in [-0.3, -0.25) is 0 Å².